The molecule has 0 aromatic heterocycles. The lowest BCUT2D eigenvalue weighted by Crippen LogP contribution is -2.37. The smallest absolute Gasteiger partial charge is 0.269 e. The minimum Gasteiger partial charge on any atom is -0.356 e. The van der Waals surface area contributed by atoms with Gasteiger partial charge in [0.2, 0.25) is 5.91 Å². The number of amides is 1. The SMILES string of the molecule is NC1CCC(C(=O)NCCc2ccc([N+](=O)[O-])cc2)CC1. The maximum absolute atomic E-state index is 12.0. The first-order chi connectivity index (χ1) is 10.1. The summed E-state index contributed by atoms with van der Waals surface area (Å²) in [5.74, 6) is 0.186. The van der Waals surface area contributed by atoms with Crippen LogP contribution in [0.3, 0.4) is 0 Å². The van der Waals surface area contributed by atoms with Crippen molar-refractivity contribution in [2.24, 2.45) is 11.7 Å². The van der Waals surface area contributed by atoms with E-state index in [0.717, 1.165) is 31.2 Å². The highest BCUT2D eigenvalue weighted by atomic mass is 16.6. The molecule has 1 amide bonds. The normalized spacial score (nSPS) is 21.8. The highest BCUT2D eigenvalue weighted by Crippen LogP contribution is 2.23. The first-order valence-electron chi connectivity index (χ1n) is 7.33. The molecular formula is C15H21N3O3. The van der Waals surface area contributed by atoms with E-state index < -0.39 is 4.92 Å². The maximum Gasteiger partial charge on any atom is 0.269 e. The number of nitrogens with zero attached hydrogens (tertiary/aromatic N) is 1. The summed E-state index contributed by atoms with van der Waals surface area (Å²) in [6, 6.07) is 6.67. The van der Waals surface area contributed by atoms with Gasteiger partial charge in [0.15, 0.2) is 0 Å². The highest BCUT2D eigenvalue weighted by molar-refractivity contribution is 5.78. The number of carbonyl (C=O) groups excluding carboxylic acids is 1. The van der Waals surface area contributed by atoms with Crippen LogP contribution in [-0.2, 0) is 11.2 Å². The van der Waals surface area contributed by atoms with Gasteiger partial charge in [-0.2, -0.15) is 0 Å². The second-order valence-corrected chi connectivity index (χ2v) is 5.58. The van der Waals surface area contributed by atoms with Gasteiger partial charge in [-0.05, 0) is 37.7 Å². The third kappa shape index (κ3) is 4.53. The summed E-state index contributed by atoms with van der Waals surface area (Å²) in [5, 5.41) is 13.5. The predicted octanol–water partition coefficient (Wildman–Crippen LogP) is 1.77. The Kier molecular flexibility index (Phi) is 5.27. The van der Waals surface area contributed by atoms with Crippen LogP contribution in [0.5, 0.6) is 0 Å². The first kappa shape index (κ1) is 15.4. The van der Waals surface area contributed by atoms with Crippen LogP contribution in [0.2, 0.25) is 0 Å². The Morgan fingerprint density at radius 3 is 2.43 bits per heavy atom. The lowest BCUT2D eigenvalue weighted by molar-refractivity contribution is -0.384. The van der Waals surface area contributed by atoms with Gasteiger partial charge < -0.3 is 11.1 Å². The predicted molar refractivity (Wildman–Crippen MR) is 79.7 cm³/mol. The third-order valence-corrected chi connectivity index (χ3v) is 4.00. The van der Waals surface area contributed by atoms with Crippen molar-refractivity contribution >= 4 is 11.6 Å². The molecule has 6 heteroatoms. The molecule has 0 spiro atoms. The van der Waals surface area contributed by atoms with E-state index in [1.54, 1.807) is 12.1 Å². The average molecular weight is 291 g/mol. The van der Waals surface area contributed by atoms with E-state index >= 15 is 0 Å². The molecule has 0 unspecified atom stereocenters. The summed E-state index contributed by atoms with van der Waals surface area (Å²) in [4.78, 5) is 22.1. The molecule has 0 heterocycles. The molecule has 0 atom stereocenters. The van der Waals surface area contributed by atoms with E-state index in [1.165, 1.54) is 12.1 Å². The Morgan fingerprint density at radius 1 is 1.24 bits per heavy atom. The van der Waals surface area contributed by atoms with Gasteiger partial charge in [-0.1, -0.05) is 12.1 Å². The molecule has 1 aromatic rings. The molecule has 0 saturated heterocycles. The van der Waals surface area contributed by atoms with Crippen LogP contribution < -0.4 is 11.1 Å². The molecule has 114 valence electrons. The summed E-state index contributed by atoms with van der Waals surface area (Å²) < 4.78 is 0. The molecule has 3 N–H and O–H groups in total. The number of nitrogens with one attached hydrogen (secondary N) is 1. The molecule has 0 bridgehead atoms. The van der Waals surface area contributed by atoms with Crippen molar-refractivity contribution in [1.29, 1.82) is 0 Å². The van der Waals surface area contributed by atoms with Gasteiger partial charge in [-0.3, -0.25) is 14.9 Å². The Hall–Kier alpha value is -1.95. The zero-order chi connectivity index (χ0) is 15.2. The van der Waals surface area contributed by atoms with Gasteiger partial charge in [0, 0.05) is 30.6 Å². The Balaban J connectivity index is 1.73. The quantitative estimate of drug-likeness (QED) is 0.638. The number of nitro benzene ring substituents is 1. The van der Waals surface area contributed by atoms with E-state index in [2.05, 4.69) is 5.32 Å². The number of nitro groups is 1. The van der Waals surface area contributed by atoms with Crippen LogP contribution in [0.4, 0.5) is 5.69 Å². The Bertz CT molecular complexity index is 493. The number of hydrogen-bond donors (Lipinski definition) is 2. The number of nitrogens with two attached hydrogens (primary N) is 1. The largest absolute Gasteiger partial charge is 0.356 e. The van der Waals surface area contributed by atoms with Crippen molar-refractivity contribution in [1.82, 2.24) is 5.32 Å². The fourth-order valence-electron chi connectivity index (χ4n) is 2.64. The molecule has 21 heavy (non-hydrogen) atoms. The Morgan fingerprint density at radius 2 is 1.86 bits per heavy atom. The number of rotatable bonds is 5. The van der Waals surface area contributed by atoms with Crippen molar-refractivity contribution in [2.45, 2.75) is 38.1 Å². The van der Waals surface area contributed by atoms with Crippen LogP contribution in [0.25, 0.3) is 0 Å². The maximum atomic E-state index is 12.0. The van der Waals surface area contributed by atoms with Crippen molar-refractivity contribution in [2.75, 3.05) is 6.54 Å². The van der Waals surface area contributed by atoms with Gasteiger partial charge in [0.05, 0.1) is 4.92 Å². The number of hydrogen-bond acceptors (Lipinski definition) is 4. The zero-order valence-corrected chi connectivity index (χ0v) is 12.0. The molecule has 1 fully saturated rings. The average Bonchev–Trinajstić information content (AvgIpc) is 2.48. The molecule has 1 aliphatic rings. The van der Waals surface area contributed by atoms with E-state index in [1.807, 2.05) is 0 Å². The van der Waals surface area contributed by atoms with E-state index in [-0.39, 0.29) is 23.6 Å². The summed E-state index contributed by atoms with van der Waals surface area (Å²) >= 11 is 0. The van der Waals surface area contributed by atoms with Crippen molar-refractivity contribution in [3.8, 4) is 0 Å². The number of benzene rings is 1. The van der Waals surface area contributed by atoms with Crippen molar-refractivity contribution in [3.63, 3.8) is 0 Å². The lowest BCUT2D eigenvalue weighted by atomic mass is 9.86. The number of non-ortho nitro benzene ring substituents is 1. The van der Waals surface area contributed by atoms with Gasteiger partial charge in [-0.15, -0.1) is 0 Å². The molecule has 0 aliphatic heterocycles. The second kappa shape index (κ2) is 7.17. The van der Waals surface area contributed by atoms with Gasteiger partial charge >= 0.3 is 0 Å². The minimum atomic E-state index is -0.417. The van der Waals surface area contributed by atoms with E-state index in [0.29, 0.717) is 13.0 Å². The summed E-state index contributed by atoms with van der Waals surface area (Å²) in [6.45, 7) is 0.555. The van der Waals surface area contributed by atoms with Crippen LogP contribution in [0, 0.1) is 16.0 Å². The second-order valence-electron chi connectivity index (χ2n) is 5.58. The lowest BCUT2D eigenvalue weighted by Gasteiger charge is -2.25. The fourth-order valence-corrected chi connectivity index (χ4v) is 2.64. The summed E-state index contributed by atoms with van der Waals surface area (Å²) in [5.41, 5.74) is 6.89. The molecule has 1 aliphatic carbocycles. The van der Waals surface area contributed by atoms with Crippen LogP contribution in [0.15, 0.2) is 24.3 Å². The summed E-state index contributed by atoms with van der Waals surface area (Å²) in [7, 11) is 0. The molecule has 1 aromatic carbocycles. The highest BCUT2D eigenvalue weighted by Gasteiger charge is 2.24. The van der Waals surface area contributed by atoms with Crippen LogP contribution >= 0.6 is 0 Å². The zero-order valence-electron chi connectivity index (χ0n) is 12.0. The standard InChI is InChI=1S/C15H21N3O3/c16-13-5-3-12(4-6-13)15(19)17-10-9-11-1-7-14(8-2-11)18(20)21/h1-2,7-8,12-13H,3-6,9-10,16H2,(H,17,19). The molecule has 2 rings (SSSR count). The van der Waals surface area contributed by atoms with Gasteiger partial charge in [0.25, 0.3) is 5.69 Å². The monoisotopic (exact) mass is 291 g/mol. The van der Waals surface area contributed by atoms with E-state index in [4.69, 9.17) is 5.73 Å². The molecule has 1 saturated carbocycles. The Labute approximate surface area is 123 Å². The summed E-state index contributed by atoms with van der Waals surface area (Å²) in [6.07, 6.45) is 4.24. The van der Waals surface area contributed by atoms with Crippen LogP contribution in [-0.4, -0.2) is 23.4 Å². The van der Waals surface area contributed by atoms with E-state index in [9.17, 15) is 14.9 Å². The van der Waals surface area contributed by atoms with Crippen LogP contribution in [0.1, 0.15) is 31.2 Å². The topological polar surface area (TPSA) is 98.3 Å². The third-order valence-electron chi connectivity index (χ3n) is 4.00. The fraction of sp³-hybridized carbons (Fsp3) is 0.533. The molecule has 6 nitrogen and oxygen atoms in total. The number of carbonyl (C=O) groups is 1. The van der Waals surface area contributed by atoms with Crippen molar-refractivity contribution in [3.05, 3.63) is 39.9 Å². The van der Waals surface area contributed by atoms with Gasteiger partial charge in [-0.25, -0.2) is 0 Å². The first-order valence-corrected chi connectivity index (χ1v) is 7.33. The minimum absolute atomic E-state index is 0.0846. The van der Waals surface area contributed by atoms with Gasteiger partial charge in [0.1, 0.15) is 0 Å². The molecular weight excluding hydrogens is 270 g/mol. The van der Waals surface area contributed by atoms with Crippen molar-refractivity contribution < 1.29 is 9.72 Å². The molecule has 0 radical (unpaired) electrons.